The van der Waals surface area contributed by atoms with Crippen LogP contribution in [0, 0.1) is 0 Å². The second-order valence-electron chi connectivity index (χ2n) is 6.70. The molecule has 0 radical (unpaired) electrons. The lowest BCUT2D eigenvalue weighted by Crippen LogP contribution is -2.47. The summed E-state index contributed by atoms with van der Waals surface area (Å²) in [7, 11) is -0.628. The Morgan fingerprint density at radius 1 is 1.10 bits per heavy atom. The molecule has 3 aliphatic rings. The van der Waals surface area contributed by atoms with Crippen molar-refractivity contribution >= 4 is 10.8 Å². The second-order valence-corrected chi connectivity index (χ2v) is 8.71. The standard InChI is InChI=1S/C16H29NO3S/c1-2-21(18)15-5-3-4-14(12-15)17-13-6-8-16(9-7-13)19-10-11-20-16/h13-15,17H,2-12H2,1H3/t14-,15-,21+/m0/s1. The fraction of sp³-hybridized carbons (Fsp3) is 1.00. The van der Waals surface area contributed by atoms with Crippen LogP contribution in [0.3, 0.4) is 0 Å². The molecule has 1 heterocycles. The van der Waals surface area contributed by atoms with Gasteiger partial charge in [-0.15, -0.1) is 0 Å². The van der Waals surface area contributed by atoms with Crippen molar-refractivity contribution in [1.82, 2.24) is 5.32 Å². The zero-order chi connectivity index (χ0) is 14.7. The first-order chi connectivity index (χ1) is 10.2. The van der Waals surface area contributed by atoms with Crippen LogP contribution in [0.15, 0.2) is 0 Å². The van der Waals surface area contributed by atoms with Gasteiger partial charge in [-0.1, -0.05) is 13.3 Å². The quantitative estimate of drug-likeness (QED) is 0.865. The zero-order valence-electron chi connectivity index (χ0n) is 13.1. The number of hydrogen-bond acceptors (Lipinski definition) is 4. The number of rotatable bonds is 4. The lowest BCUT2D eigenvalue weighted by atomic mass is 9.87. The van der Waals surface area contributed by atoms with E-state index in [1.807, 2.05) is 6.92 Å². The first-order valence-corrected chi connectivity index (χ1v) is 10.00. The van der Waals surface area contributed by atoms with Crippen LogP contribution in [-0.2, 0) is 20.3 Å². The lowest BCUT2D eigenvalue weighted by Gasteiger charge is -2.38. The van der Waals surface area contributed by atoms with Crippen molar-refractivity contribution in [2.24, 2.45) is 0 Å². The normalized spacial score (nSPS) is 35.1. The van der Waals surface area contributed by atoms with E-state index in [-0.39, 0.29) is 5.79 Å². The van der Waals surface area contributed by atoms with Crippen LogP contribution >= 0.6 is 0 Å². The second kappa shape index (κ2) is 7.07. The molecule has 1 aliphatic heterocycles. The average molecular weight is 315 g/mol. The molecule has 0 bridgehead atoms. The molecule has 3 atom stereocenters. The van der Waals surface area contributed by atoms with E-state index >= 15 is 0 Å². The van der Waals surface area contributed by atoms with E-state index in [4.69, 9.17) is 9.47 Å². The van der Waals surface area contributed by atoms with Crippen molar-refractivity contribution < 1.29 is 13.7 Å². The van der Waals surface area contributed by atoms with Gasteiger partial charge in [0.05, 0.1) is 13.2 Å². The smallest absolute Gasteiger partial charge is 0.168 e. The van der Waals surface area contributed by atoms with Gasteiger partial charge in [0, 0.05) is 46.7 Å². The molecule has 4 nitrogen and oxygen atoms in total. The van der Waals surface area contributed by atoms with E-state index < -0.39 is 10.8 Å². The molecule has 3 fully saturated rings. The van der Waals surface area contributed by atoms with E-state index in [2.05, 4.69) is 5.32 Å². The van der Waals surface area contributed by atoms with E-state index in [0.717, 1.165) is 57.5 Å². The summed E-state index contributed by atoms with van der Waals surface area (Å²) in [6.45, 7) is 3.55. The van der Waals surface area contributed by atoms with Crippen LogP contribution in [0.5, 0.6) is 0 Å². The summed E-state index contributed by atoms with van der Waals surface area (Å²) in [5.74, 6) is 0.551. The van der Waals surface area contributed by atoms with Crippen LogP contribution in [0.4, 0.5) is 0 Å². The highest BCUT2D eigenvalue weighted by molar-refractivity contribution is 7.85. The highest BCUT2D eigenvalue weighted by Crippen LogP contribution is 2.36. The fourth-order valence-electron chi connectivity index (χ4n) is 4.11. The third-order valence-electron chi connectivity index (χ3n) is 5.31. The Labute approximate surface area is 130 Å². The van der Waals surface area contributed by atoms with Gasteiger partial charge in [0.15, 0.2) is 5.79 Å². The monoisotopic (exact) mass is 315 g/mol. The number of nitrogens with one attached hydrogen (secondary N) is 1. The first-order valence-electron chi connectivity index (χ1n) is 8.62. The van der Waals surface area contributed by atoms with Crippen LogP contribution in [0.25, 0.3) is 0 Å². The Morgan fingerprint density at radius 2 is 1.81 bits per heavy atom. The van der Waals surface area contributed by atoms with Crippen LogP contribution in [-0.4, -0.2) is 46.3 Å². The van der Waals surface area contributed by atoms with Crippen molar-refractivity contribution in [1.29, 1.82) is 0 Å². The van der Waals surface area contributed by atoms with Crippen molar-refractivity contribution in [2.45, 2.75) is 81.4 Å². The molecular formula is C16H29NO3S. The summed E-state index contributed by atoms with van der Waals surface area (Å²) in [6, 6.07) is 1.14. The fourth-order valence-corrected chi connectivity index (χ4v) is 5.46. The van der Waals surface area contributed by atoms with E-state index in [1.54, 1.807) is 0 Å². The largest absolute Gasteiger partial charge is 0.348 e. The molecule has 0 unspecified atom stereocenters. The summed E-state index contributed by atoms with van der Waals surface area (Å²) in [4.78, 5) is 0. The molecule has 0 aromatic carbocycles. The van der Waals surface area contributed by atoms with Gasteiger partial charge in [0.1, 0.15) is 0 Å². The third kappa shape index (κ3) is 3.87. The minimum Gasteiger partial charge on any atom is -0.348 e. The van der Waals surface area contributed by atoms with Crippen LogP contribution < -0.4 is 5.32 Å². The minimum atomic E-state index is -0.628. The van der Waals surface area contributed by atoms with Gasteiger partial charge in [0.25, 0.3) is 0 Å². The van der Waals surface area contributed by atoms with Gasteiger partial charge < -0.3 is 14.8 Å². The van der Waals surface area contributed by atoms with Gasteiger partial charge in [-0.2, -0.15) is 0 Å². The van der Waals surface area contributed by atoms with Gasteiger partial charge in [-0.25, -0.2) is 0 Å². The average Bonchev–Trinajstić information content (AvgIpc) is 2.98. The van der Waals surface area contributed by atoms with Gasteiger partial charge in [-0.3, -0.25) is 4.21 Å². The molecular weight excluding hydrogens is 286 g/mol. The Hall–Kier alpha value is 0.0300. The Kier molecular flexibility index (Phi) is 5.36. The molecule has 0 aromatic rings. The molecule has 1 N–H and O–H groups in total. The molecule has 1 spiro atoms. The van der Waals surface area contributed by atoms with Crippen LogP contribution in [0.1, 0.15) is 58.3 Å². The highest BCUT2D eigenvalue weighted by atomic mass is 32.2. The summed E-state index contributed by atoms with van der Waals surface area (Å²) in [5.41, 5.74) is 0. The molecule has 0 aromatic heterocycles. The van der Waals surface area contributed by atoms with E-state index in [0.29, 0.717) is 17.3 Å². The minimum absolute atomic E-state index is 0.253. The van der Waals surface area contributed by atoms with Crippen molar-refractivity contribution in [3.63, 3.8) is 0 Å². The Bertz CT molecular complexity index is 361. The summed E-state index contributed by atoms with van der Waals surface area (Å²) >= 11 is 0. The third-order valence-corrected chi connectivity index (χ3v) is 7.06. The highest BCUT2D eigenvalue weighted by Gasteiger charge is 2.40. The van der Waals surface area contributed by atoms with Gasteiger partial charge >= 0.3 is 0 Å². The Morgan fingerprint density at radius 3 is 2.48 bits per heavy atom. The summed E-state index contributed by atoms with van der Waals surface area (Å²) in [6.07, 6.45) is 9.01. The molecule has 5 heteroatoms. The molecule has 0 amide bonds. The summed E-state index contributed by atoms with van der Waals surface area (Å²) < 4.78 is 23.6. The Balaban J connectivity index is 1.45. The topological polar surface area (TPSA) is 47.6 Å². The summed E-state index contributed by atoms with van der Waals surface area (Å²) in [5, 5.41) is 4.24. The van der Waals surface area contributed by atoms with Crippen molar-refractivity contribution in [2.75, 3.05) is 19.0 Å². The first kappa shape index (κ1) is 15.9. The van der Waals surface area contributed by atoms with Crippen molar-refractivity contribution in [3.05, 3.63) is 0 Å². The predicted octanol–water partition coefficient (Wildman–Crippen LogP) is 2.34. The molecule has 3 rings (SSSR count). The maximum atomic E-state index is 12.0. The predicted molar refractivity (Wildman–Crippen MR) is 84.8 cm³/mol. The maximum absolute atomic E-state index is 12.0. The number of ether oxygens (including phenoxy) is 2. The zero-order valence-corrected chi connectivity index (χ0v) is 14.0. The number of hydrogen-bond donors (Lipinski definition) is 1. The molecule has 2 aliphatic carbocycles. The molecule has 2 saturated carbocycles. The van der Waals surface area contributed by atoms with E-state index in [1.165, 1.54) is 12.8 Å². The molecule has 122 valence electrons. The van der Waals surface area contributed by atoms with Crippen molar-refractivity contribution in [3.8, 4) is 0 Å². The lowest BCUT2D eigenvalue weighted by molar-refractivity contribution is -0.179. The molecule has 1 saturated heterocycles. The maximum Gasteiger partial charge on any atom is 0.168 e. The van der Waals surface area contributed by atoms with E-state index in [9.17, 15) is 4.21 Å². The SMILES string of the molecule is CC[S@@](=O)[C@H]1CCC[C@H](NC2CCC3(CC2)OCCO3)C1. The van der Waals surface area contributed by atoms with Gasteiger partial charge in [-0.05, 0) is 32.1 Å². The molecule has 21 heavy (non-hydrogen) atoms. The van der Waals surface area contributed by atoms with Crippen LogP contribution in [0.2, 0.25) is 0 Å². The van der Waals surface area contributed by atoms with Gasteiger partial charge in [0.2, 0.25) is 0 Å².